The minimum absolute atomic E-state index is 0.0232. The Kier molecular flexibility index (Phi) is 6.16. The Labute approximate surface area is 164 Å². The van der Waals surface area contributed by atoms with Crippen LogP contribution < -0.4 is 21.3 Å². The van der Waals surface area contributed by atoms with E-state index in [0.29, 0.717) is 29.2 Å². The number of carbonyl (C=O) groups is 2. The van der Waals surface area contributed by atoms with Crippen LogP contribution in [0, 0.1) is 0 Å². The Bertz CT molecular complexity index is 830. The van der Waals surface area contributed by atoms with E-state index in [2.05, 4.69) is 10.6 Å². The predicted molar refractivity (Wildman–Crippen MR) is 111 cm³/mol. The monoisotopic (exact) mass is 382 g/mol. The molecule has 7 heteroatoms. The molecule has 4 N–H and O–H groups in total. The van der Waals surface area contributed by atoms with Gasteiger partial charge in [-0.15, -0.1) is 0 Å². The fourth-order valence-corrected chi connectivity index (χ4v) is 3.16. The Morgan fingerprint density at radius 2 is 1.89 bits per heavy atom. The van der Waals surface area contributed by atoms with Crippen molar-refractivity contribution in [3.8, 4) is 0 Å². The van der Waals surface area contributed by atoms with Crippen molar-refractivity contribution in [1.29, 1.82) is 0 Å². The predicted octanol–water partition coefficient (Wildman–Crippen LogP) is 3.23. The molecule has 2 aromatic carbocycles. The van der Waals surface area contributed by atoms with E-state index in [1.54, 1.807) is 41.3 Å². The minimum Gasteiger partial charge on any atom is -0.446 e. The summed E-state index contributed by atoms with van der Waals surface area (Å²) < 4.78 is 5.42. The zero-order chi connectivity index (χ0) is 20.1. The Morgan fingerprint density at radius 1 is 1.18 bits per heavy atom. The van der Waals surface area contributed by atoms with Crippen molar-refractivity contribution in [2.24, 2.45) is 0 Å². The van der Waals surface area contributed by atoms with Crippen molar-refractivity contribution in [1.82, 2.24) is 5.32 Å². The highest BCUT2D eigenvalue weighted by Crippen LogP contribution is 2.24. The fraction of sp³-hybridized carbons (Fsp3) is 0.333. The lowest BCUT2D eigenvalue weighted by molar-refractivity contribution is 0.102. The molecule has 1 saturated heterocycles. The number of para-hydroxylation sites is 2. The number of hydrogen-bond donors (Lipinski definition) is 3. The van der Waals surface area contributed by atoms with Crippen molar-refractivity contribution in [3.05, 3.63) is 54.1 Å². The van der Waals surface area contributed by atoms with Crippen LogP contribution in [0.5, 0.6) is 0 Å². The number of hydrogen-bond acceptors (Lipinski definition) is 5. The van der Waals surface area contributed by atoms with E-state index in [0.717, 1.165) is 13.0 Å². The Morgan fingerprint density at radius 3 is 2.50 bits per heavy atom. The van der Waals surface area contributed by atoms with E-state index in [-0.39, 0.29) is 24.1 Å². The number of carbonyl (C=O) groups excluding carboxylic acids is 2. The molecule has 0 aromatic heterocycles. The molecule has 1 aliphatic rings. The minimum atomic E-state index is -0.377. The molecule has 1 fully saturated rings. The number of nitrogens with two attached hydrogens (primary N) is 1. The summed E-state index contributed by atoms with van der Waals surface area (Å²) in [7, 11) is 0. The molecule has 1 atom stereocenters. The number of ether oxygens (including phenoxy) is 1. The van der Waals surface area contributed by atoms with Crippen molar-refractivity contribution in [2.75, 3.05) is 29.0 Å². The van der Waals surface area contributed by atoms with Crippen LogP contribution in [0.2, 0.25) is 0 Å². The molecule has 2 amide bonds. The first-order chi connectivity index (χ1) is 13.5. The molecule has 0 spiro atoms. The summed E-state index contributed by atoms with van der Waals surface area (Å²) in [6.45, 7) is 5.22. The number of nitrogens with one attached hydrogen (secondary N) is 2. The lowest BCUT2D eigenvalue weighted by Gasteiger charge is -2.28. The maximum absolute atomic E-state index is 12.6. The van der Waals surface area contributed by atoms with Gasteiger partial charge in [0.05, 0.1) is 23.5 Å². The van der Waals surface area contributed by atoms with Gasteiger partial charge < -0.3 is 21.1 Å². The van der Waals surface area contributed by atoms with Gasteiger partial charge in [-0.25, -0.2) is 4.79 Å². The number of rotatable bonds is 5. The molecule has 0 saturated carbocycles. The summed E-state index contributed by atoms with van der Waals surface area (Å²) in [5, 5.41) is 6.07. The summed E-state index contributed by atoms with van der Waals surface area (Å²) in [4.78, 5) is 26.8. The third-order valence-electron chi connectivity index (χ3n) is 4.55. The molecule has 1 aliphatic heterocycles. The quantitative estimate of drug-likeness (QED) is 0.690. The summed E-state index contributed by atoms with van der Waals surface area (Å²) in [6, 6.07) is 14.0. The normalized spacial score (nSPS) is 16.0. The first-order valence-corrected chi connectivity index (χ1v) is 9.42. The van der Waals surface area contributed by atoms with Gasteiger partial charge in [0.15, 0.2) is 0 Å². The number of nitrogen functional groups attached to an aromatic ring is 1. The van der Waals surface area contributed by atoms with Crippen LogP contribution in [-0.4, -0.2) is 37.2 Å². The van der Waals surface area contributed by atoms with E-state index in [1.807, 2.05) is 26.0 Å². The zero-order valence-corrected chi connectivity index (χ0v) is 16.1. The van der Waals surface area contributed by atoms with Crippen molar-refractivity contribution >= 4 is 29.1 Å². The third kappa shape index (κ3) is 4.61. The van der Waals surface area contributed by atoms with Gasteiger partial charge >= 0.3 is 6.09 Å². The molecular formula is C21H26N4O3. The molecular weight excluding hydrogens is 356 g/mol. The first kappa shape index (κ1) is 19.7. The molecule has 148 valence electrons. The molecule has 0 aliphatic carbocycles. The zero-order valence-electron chi connectivity index (χ0n) is 16.1. The highest BCUT2D eigenvalue weighted by Gasteiger charge is 2.29. The van der Waals surface area contributed by atoms with E-state index < -0.39 is 0 Å². The number of anilines is 3. The molecule has 3 rings (SSSR count). The topological polar surface area (TPSA) is 96.7 Å². The number of nitrogens with zero attached hydrogens (tertiary/aromatic N) is 1. The summed E-state index contributed by atoms with van der Waals surface area (Å²) in [5.41, 5.74) is 8.13. The highest BCUT2D eigenvalue weighted by atomic mass is 16.6. The summed E-state index contributed by atoms with van der Waals surface area (Å²) in [6.07, 6.45) is 0.270. The fourth-order valence-electron chi connectivity index (χ4n) is 3.16. The second-order valence-corrected chi connectivity index (χ2v) is 7.04. The van der Waals surface area contributed by atoms with Crippen LogP contribution in [0.15, 0.2) is 48.5 Å². The third-order valence-corrected chi connectivity index (χ3v) is 4.55. The largest absolute Gasteiger partial charge is 0.446 e. The Hall–Kier alpha value is -3.06. The van der Waals surface area contributed by atoms with Crippen LogP contribution in [0.25, 0.3) is 0 Å². The van der Waals surface area contributed by atoms with Gasteiger partial charge in [0, 0.05) is 17.8 Å². The van der Waals surface area contributed by atoms with Crippen LogP contribution in [0.4, 0.5) is 21.9 Å². The Balaban J connectivity index is 1.77. The van der Waals surface area contributed by atoms with Gasteiger partial charge in [-0.2, -0.15) is 0 Å². The maximum Gasteiger partial charge on any atom is 0.414 e. The van der Waals surface area contributed by atoms with Crippen LogP contribution in [0.3, 0.4) is 0 Å². The molecule has 7 nitrogen and oxygen atoms in total. The molecule has 1 heterocycles. The van der Waals surface area contributed by atoms with E-state index in [4.69, 9.17) is 10.5 Å². The van der Waals surface area contributed by atoms with Crippen molar-refractivity contribution < 1.29 is 14.3 Å². The van der Waals surface area contributed by atoms with Gasteiger partial charge in [0.1, 0.15) is 0 Å². The van der Waals surface area contributed by atoms with Crippen LogP contribution in [-0.2, 0) is 4.74 Å². The van der Waals surface area contributed by atoms with E-state index >= 15 is 0 Å². The first-order valence-electron chi connectivity index (χ1n) is 9.42. The number of amides is 2. The molecule has 2 aromatic rings. The van der Waals surface area contributed by atoms with Gasteiger partial charge in [-0.05, 0) is 63.2 Å². The van der Waals surface area contributed by atoms with Gasteiger partial charge in [-0.1, -0.05) is 12.1 Å². The second-order valence-electron chi connectivity index (χ2n) is 7.04. The second kappa shape index (κ2) is 8.75. The van der Waals surface area contributed by atoms with Gasteiger partial charge in [-0.3, -0.25) is 9.69 Å². The lowest BCUT2D eigenvalue weighted by Crippen LogP contribution is -2.43. The van der Waals surface area contributed by atoms with E-state index in [1.165, 1.54) is 0 Å². The number of benzene rings is 2. The highest BCUT2D eigenvalue weighted by molar-refractivity contribution is 6.06. The lowest BCUT2D eigenvalue weighted by atomic mass is 10.1. The molecule has 0 bridgehead atoms. The maximum atomic E-state index is 12.6. The summed E-state index contributed by atoms with van der Waals surface area (Å²) >= 11 is 0. The van der Waals surface area contributed by atoms with Gasteiger partial charge in [0.2, 0.25) is 0 Å². The smallest absolute Gasteiger partial charge is 0.414 e. The molecule has 1 unspecified atom stereocenters. The average molecular weight is 382 g/mol. The van der Waals surface area contributed by atoms with Crippen LogP contribution in [0.1, 0.15) is 30.6 Å². The summed E-state index contributed by atoms with van der Waals surface area (Å²) in [5.74, 6) is -0.261. The van der Waals surface area contributed by atoms with E-state index in [9.17, 15) is 9.59 Å². The molecule has 28 heavy (non-hydrogen) atoms. The van der Waals surface area contributed by atoms with Crippen molar-refractivity contribution in [2.45, 2.75) is 32.4 Å². The average Bonchev–Trinajstić information content (AvgIpc) is 3.18. The van der Waals surface area contributed by atoms with Crippen LogP contribution >= 0.6 is 0 Å². The SMILES string of the molecule is CC(C)OC(=O)N(c1ccc(C(=O)Nc2ccccc2N)cc1)C1CCNC1. The molecule has 0 radical (unpaired) electrons. The van der Waals surface area contributed by atoms with Crippen molar-refractivity contribution in [3.63, 3.8) is 0 Å². The van der Waals surface area contributed by atoms with Gasteiger partial charge in [0.25, 0.3) is 5.91 Å². The standard InChI is InChI=1S/C21H26N4O3/c1-14(2)28-21(27)25(17-11-12-23-13-17)16-9-7-15(8-10-16)20(26)24-19-6-4-3-5-18(19)22/h3-10,14,17,23H,11-13,22H2,1-2H3,(H,24,26).